The van der Waals surface area contributed by atoms with E-state index in [-0.39, 0.29) is 5.91 Å². The molecular formula is C14H17ClN4OS2. The van der Waals surface area contributed by atoms with Crippen LogP contribution in [-0.2, 0) is 18.3 Å². The maximum absolute atomic E-state index is 10.8. The molecule has 0 saturated heterocycles. The lowest BCUT2D eigenvalue weighted by Crippen LogP contribution is -2.12. The van der Waals surface area contributed by atoms with Crippen molar-refractivity contribution in [1.82, 2.24) is 14.8 Å². The summed E-state index contributed by atoms with van der Waals surface area (Å²) < 4.78 is 1.92. The van der Waals surface area contributed by atoms with E-state index in [1.54, 1.807) is 23.5 Å². The lowest BCUT2D eigenvalue weighted by molar-refractivity contribution is -0.118. The molecule has 2 aromatic rings. The number of aromatic nitrogens is 3. The van der Waals surface area contributed by atoms with Crippen LogP contribution in [0.5, 0.6) is 0 Å². The molecule has 0 fully saturated rings. The number of carbonyl (C=O) groups is 1. The summed E-state index contributed by atoms with van der Waals surface area (Å²) in [5.74, 6) is 2.36. The average Bonchev–Trinajstić information content (AvgIpc) is 2.84. The summed E-state index contributed by atoms with van der Waals surface area (Å²) in [4.78, 5) is 12.0. The van der Waals surface area contributed by atoms with Crippen LogP contribution < -0.4 is 5.73 Å². The third kappa shape index (κ3) is 5.23. The molecule has 8 heteroatoms. The molecule has 0 spiro atoms. The largest absolute Gasteiger partial charge is 0.370 e. The molecule has 1 heterocycles. The molecule has 0 aliphatic rings. The van der Waals surface area contributed by atoms with E-state index >= 15 is 0 Å². The predicted molar refractivity (Wildman–Crippen MR) is 91.4 cm³/mol. The Labute approximate surface area is 143 Å². The normalized spacial score (nSPS) is 10.8. The van der Waals surface area contributed by atoms with Crippen LogP contribution in [0.3, 0.4) is 0 Å². The second-order valence-corrected chi connectivity index (χ2v) is 7.24. The summed E-state index contributed by atoms with van der Waals surface area (Å²) in [6.45, 7) is 0. The van der Waals surface area contributed by atoms with Crippen molar-refractivity contribution in [3.63, 3.8) is 0 Å². The van der Waals surface area contributed by atoms with E-state index in [1.165, 1.54) is 4.90 Å². The first kappa shape index (κ1) is 17.2. The number of thioether (sulfide) groups is 2. The highest BCUT2D eigenvalue weighted by atomic mass is 35.5. The molecule has 0 unspecified atom stereocenters. The van der Waals surface area contributed by atoms with E-state index < -0.39 is 0 Å². The smallest absolute Gasteiger partial charge is 0.217 e. The van der Waals surface area contributed by atoms with Crippen LogP contribution in [0.25, 0.3) is 0 Å². The number of aryl methyl sites for hydroxylation is 1. The maximum Gasteiger partial charge on any atom is 0.217 e. The number of nitrogens with zero attached hydrogens (tertiary/aromatic N) is 3. The molecule has 0 radical (unpaired) electrons. The number of rotatable bonds is 8. The molecule has 2 rings (SSSR count). The molecule has 0 atom stereocenters. The number of hydrogen-bond acceptors (Lipinski definition) is 5. The van der Waals surface area contributed by atoms with Crippen molar-refractivity contribution >= 4 is 41.0 Å². The monoisotopic (exact) mass is 356 g/mol. The fourth-order valence-electron chi connectivity index (χ4n) is 1.75. The van der Waals surface area contributed by atoms with Crippen LogP contribution in [0.4, 0.5) is 0 Å². The van der Waals surface area contributed by atoms with Crippen molar-refractivity contribution in [3.8, 4) is 0 Å². The minimum atomic E-state index is -0.323. The first-order chi connectivity index (χ1) is 10.6. The third-order valence-corrected chi connectivity index (χ3v) is 5.46. The summed E-state index contributed by atoms with van der Waals surface area (Å²) in [5.41, 5.74) is 5.15. The van der Waals surface area contributed by atoms with Gasteiger partial charge in [0.2, 0.25) is 5.91 Å². The van der Waals surface area contributed by atoms with Gasteiger partial charge in [-0.05, 0) is 24.3 Å². The van der Waals surface area contributed by atoms with Crippen molar-refractivity contribution in [3.05, 3.63) is 35.1 Å². The van der Waals surface area contributed by atoms with Gasteiger partial charge in [0, 0.05) is 41.3 Å². The number of primary amides is 1. The number of nitrogens with two attached hydrogens (primary N) is 1. The van der Waals surface area contributed by atoms with Crippen molar-refractivity contribution < 1.29 is 4.79 Å². The molecule has 22 heavy (non-hydrogen) atoms. The Bertz CT molecular complexity index is 630. The standard InChI is InChI=1S/C14H17ClN4OS2/c1-19-13(7-6-12(16)20)17-18-14(19)22-9-8-21-11-4-2-10(15)3-5-11/h2-5H,6-9H2,1H3,(H2,16,20). The Morgan fingerprint density at radius 1 is 1.23 bits per heavy atom. The summed E-state index contributed by atoms with van der Waals surface area (Å²) in [6, 6.07) is 7.82. The highest BCUT2D eigenvalue weighted by Crippen LogP contribution is 2.23. The van der Waals surface area contributed by atoms with Gasteiger partial charge in [-0.3, -0.25) is 4.79 Å². The Hall–Kier alpha value is -1.18. The lowest BCUT2D eigenvalue weighted by atomic mass is 10.3. The van der Waals surface area contributed by atoms with Gasteiger partial charge in [-0.2, -0.15) is 0 Å². The van der Waals surface area contributed by atoms with Crippen molar-refractivity contribution in [1.29, 1.82) is 0 Å². The van der Waals surface area contributed by atoms with Gasteiger partial charge in [-0.25, -0.2) is 0 Å². The number of amides is 1. The van der Waals surface area contributed by atoms with Crippen molar-refractivity contribution in [2.24, 2.45) is 12.8 Å². The zero-order valence-corrected chi connectivity index (χ0v) is 14.5. The molecule has 0 aliphatic carbocycles. The molecule has 0 bridgehead atoms. The zero-order valence-electron chi connectivity index (χ0n) is 12.2. The SMILES string of the molecule is Cn1c(CCC(N)=O)nnc1SCCSc1ccc(Cl)cc1. The van der Waals surface area contributed by atoms with Crippen LogP contribution in [0.2, 0.25) is 5.02 Å². The summed E-state index contributed by atoms with van der Waals surface area (Å²) >= 11 is 9.29. The van der Waals surface area contributed by atoms with E-state index in [4.69, 9.17) is 17.3 Å². The molecule has 1 aromatic heterocycles. The molecule has 5 nitrogen and oxygen atoms in total. The van der Waals surface area contributed by atoms with E-state index in [9.17, 15) is 4.79 Å². The van der Waals surface area contributed by atoms with Gasteiger partial charge in [-0.15, -0.1) is 22.0 Å². The van der Waals surface area contributed by atoms with Gasteiger partial charge < -0.3 is 10.3 Å². The molecule has 0 saturated carbocycles. The van der Waals surface area contributed by atoms with Crippen LogP contribution in [0.15, 0.2) is 34.3 Å². The molecular weight excluding hydrogens is 340 g/mol. The molecule has 1 aromatic carbocycles. The Morgan fingerprint density at radius 3 is 2.59 bits per heavy atom. The van der Waals surface area contributed by atoms with Crippen LogP contribution in [0, 0.1) is 0 Å². The second kappa shape index (κ2) is 8.45. The van der Waals surface area contributed by atoms with Crippen molar-refractivity contribution in [2.45, 2.75) is 22.9 Å². The highest BCUT2D eigenvalue weighted by molar-refractivity contribution is 8.02. The van der Waals surface area contributed by atoms with E-state index in [0.29, 0.717) is 12.8 Å². The van der Waals surface area contributed by atoms with Crippen molar-refractivity contribution in [2.75, 3.05) is 11.5 Å². The van der Waals surface area contributed by atoms with E-state index in [1.807, 2.05) is 35.9 Å². The van der Waals surface area contributed by atoms with Crippen LogP contribution in [0.1, 0.15) is 12.2 Å². The second-order valence-electron chi connectivity index (χ2n) is 4.57. The van der Waals surface area contributed by atoms with Crippen LogP contribution >= 0.6 is 35.1 Å². The Balaban J connectivity index is 1.77. The van der Waals surface area contributed by atoms with E-state index in [2.05, 4.69) is 10.2 Å². The molecule has 0 aliphatic heterocycles. The van der Waals surface area contributed by atoms with Crippen LogP contribution in [-0.4, -0.2) is 32.2 Å². The van der Waals surface area contributed by atoms with E-state index in [0.717, 1.165) is 27.5 Å². The molecule has 2 N–H and O–H groups in total. The number of hydrogen-bond donors (Lipinski definition) is 1. The number of carbonyl (C=O) groups excluding carboxylic acids is 1. The number of benzene rings is 1. The molecule has 1 amide bonds. The predicted octanol–water partition coefficient (Wildman–Crippen LogP) is 2.77. The first-order valence-electron chi connectivity index (χ1n) is 6.74. The van der Waals surface area contributed by atoms with Gasteiger partial charge in [0.15, 0.2) is 5.16 Å². The summed E-state index contributed by atoms with van der Waals surface area (Å²) in [5, 5.41) is 9.85. The Morgan fingerprint density at radius 2 is 1.91 bits per heavy atom. The van der Waals surface area contributed by atoms with Gasteiger partial charge in [0.25, 0.3) is 0 Å². The quantitative estimate of drug-likeness (QED) is 0.581. The Kier molecular flexibility index (Phi) is 6.60. The summed E-state index contributed by atoms with van der Waals surface area (Å²) in [7, 11) is 1.91. The fourth-order valence-corrected chi connectivity index (χ4v) is 3.68. The van der Waals surface area contributed by atoms with Gasteiger partial charge in [-0.1, -0.05) is 23.4 Å². The van der Waals surface area contributed by atoms with Gasteiger partial charge >= 0.3 is 0 Å². The minimum Gasteiger partial charge on any atom is -0.370 e. The average molecular weight is 357 g/mol. The maximum atomic E-state index is 10.8. The topological polar surface area (TPSA) is 73.8 Å². The van der Waals surface area contributed by atoms with Gasteiger partial charge in [0.1, 0.15) is 5.82 Å². The number of halogens is 1. The molecule has 118 valence electrons. The minimum absolute atomic E-state index is 0.295. The zero-order chi connectivity index (χ0) is 15.9. The first-order valence-corrected chi connectivity index (χ1v) is 9.09. The lowest BCUT2D eigenvalue weighted by Gasteiger charge is -2.03. The summed E-state index contributed by atoms with van der Waals surface area (Å²) in [6.07, 6.45) is 0.821. The van der Waals surface area contributed by atoms with Gasteiger partial charge in [0.05, 0.1) is 0 Å². The third-order valence-electron chi connectivity index (χ3n) is 2.92. The fraction of sp³-hybridized carbons (Fsp3) is 0.357. The highest BCUT2D eigenvalue weighted by Gasteiger charge is 2.10.